The summed E-state index contributed by atoms with van der Waals surface area (Å²) in [6, 6.07) is -1.68. The summed E-state index contributed by atoms with van der Waals surface area (Å²) in [5.41, 5.74) is -2.61. The number of hydrogen-bond acceptors (Lipinski definition) is 8. The number of alkyl carbamates (subject to hydrolysis) is 1. The summed E-state index contributed by atoms with van der Waals surface area (Å²) in [7, 11) is 0. The third-order valence-electron chi connectivity index (χ3n) is 7.09. The van der Waals surface area contributed by atoms with Crippen molar-refractivity contribution in [3.63, 3.8) is 0 Å². The average molecular weight is 613 g/mol. The first kappa shape index (κ1) is 31.8. The van der Waals surface area contributed by atoms with E-state index in [9.17, 15) is 37.1 Å². The Morgan fingerprint density at radius 1 is 1.14 bits per heavy atom. The Balaban J connectivity index is 1.84. The van der Waals surface area contributed by atoms with Gasteiger partial charge in [0.1, 0.15) is 17.0 Å². The van der Waals surface area contributed by atoms with Crippen LogP contribution < -0.4 is 21.0 Å². The zero-order valence-corrected chi connectivity index (χ0v) is 24.0. The number of esters is 1. The van der Waals surface area contributed by atoms with E-state index in [2.05, 4.69) is 5.32 Å². The maximum Gasteiger partial charge on any atom is 0.471 e. The highest BCUT2D eigenvalue weighted by molar-refractivity contribution is 6.04. The van der Waals surface area contributed by atoms with Gasteiger partial charge in [0.25, 0.3) is 0 Å². The molecule has 0 spiro atoms. The molecule has 1 aliphatic heterocycles. The molecule has 11 nitrogen and oxygen atoms in total. The molecule has 2 aromatic rings. The van der Waals surface area contributed by atoms with E-state index in [4.69, 9.17) is 9.47 Å². The Bertz CT molecular complexity index is 1510. The topological polar surface area (TPSA) is 136 Å². The Morgan fingerprint density at radius 3 is 2.37 bits per heavy atom. The number of nitrogens with zero attached hydrogens (tertiary/aromatic N) is 2. The minimum Gasteiger partial charge on any atom is -0.462 e. The number of halogens is 4. The summed E-state index contributed by atoms with van der Waals surface area (Å²) < 4.78 is 67.0. The molecule has 0 unspecified atom stereocenters. The SMILES string of the molecule is CCOC(=O)c1cn(C2CC2)c2c(C=O)c(N3CC[C@@H](NC(=O)C(F)(F)F)[C@H]3CNC(=O)OC(C)(C)C)c(F)cc2c1=O. The zero-order chi connectivity index (χ0) is 31.9. The number of rotatable bonds is 8. The van der Waals surface area contributed by atoms with Crippen molar-refractivity contribution >= 4 is 40.8 Å². The standard InChI is InChI=1S/C28H32F4N4O7/c1-5-42-24(39)16-12-36(14-6-7-14)21-15(23(16)38)10-18(29)22(17(21)13-37)35-9-8-19(34-25(40)28(30,31)32)20(35)11-33-26(41)43-27(2,3)4/h10,12-14,19-20H,5-9,11H2,1-4H3,(H,33,41)(H,34,40)/t19-,20-/m1/s1. The van der Waals surface area contributed by atoms with E-state index in [0.717, 1.165) is 6.07 Å². The van der Waals surface area contributed by atoms with E-state index in [1.165, 1.54) is 11.1 Å². The van der Waals surface area contributed by atoms with Crippen LogP contribution in [0, 0.1) is 5.82 Å². The summed E-state index contributed by atoms with van der Waals surface area (Å²) in [6.45, 7) is 5.87. The number of aldehydes is 1. The molecule has 1 saturated heterocycles. The summed E-state index contributed by atoms with van der Waals surface area (Å²) >= 11 is 0. The van der Waals surface area contributed by atoms with Gasteiger partial charge in [0.2, 0.25) is 5.43 Å². The number of pyridine rings is 1. The second-order valence-corrected chi connectivity index (χ2v) is 11.4. The van der Waals surface area contributed by atoms with Crippen LogP contribution in [0.2, 0.25) is 0 Å². The zero-order valence-electron chi connectivity index (χ0n) is 24.0. The summed E-state index contributed by atoms with van der Waals surface area (Å²) in [5, 5.41) is 4.10. The number of nitrogens with one attached hydrogen (secondary N) is 2. The van der Waals surface area contributed by atoms with Crippen LogP contribution in [0.1, 0.15) is 73.7 Å². The van der Waals surface area contributed by atoms with E-state index in [0.29, 0.717) is 19.1 Å². The van der Waals surface area contributed by atoms with Gasteiger partial charge in [-0.1, -0.05) is 0 Å². The second-order valence-electron chi connectivity index (χ2n) is 11.4. The van der Waals surface area contributed by atoms with Gasteiger partial charge < -0.3 is 29.6 Å². The number of hydrogen-bond donors (Lipinski definition) is 2. The van der Waals surface area contributed by atoms with Crippen molar-refractivity contribution in [2.75, 3.05) is 24.6 Å². The molecule has 1 aliphatic carbocycles. The molecule has 0 bridgehead atoms. The number of aromatic nitrogens is 1. The molecule has 2 heterocycles. The lowest BCUT2D eigenvalue weighted by molar-refractivity contribution is -0.174. The maximum atomic E-state index is 16.0. The van der Waals surface area contributed by atoms with E-state index in [1.54, 1.807) is 32.3 Å². The van der Waals surface area contributed by atoms with Gasteiger partial charge in [-0.3, -0.25) is 14.4 Å². The van der Waals surface area contributed by atoms with Crippen LogP contribution in [0.15, 0.2) is 17.1 Å². The summed E-state index contributed by atoms with van der Waals surface area (Å²) in [5.74, 6) is -4.18. The minimum atomic E-state index is -5.20. The molecule has 1 aromatic heterocycles. The van der Waals surface area contributed by atoms with Crippen molar-refractivity contribution in [2.24, 2.45) is 0 Å². The minimum absolute atomic E-state index is 0.00759. The van der Waals surface area contributed by atoms with Gasteiger partial charge in [0.15, 0.2) is 6.29 Å². The van der Waals surface area contributed by atoms with Gasteiger partial charge in [0, 0.05) is 25.3 Å². The van der Waals surface area contributed by atoms with Gasteiger partial charge >= 0.3 is 24.1 Å². The molecule has 1 aromatic carbocycles. The van der Waals surface area contributed by atoms with E-state index in [1.807, 2.05) is 5.32 Å². The number of benzene rings is 1. The van der Waals surface area contributed by atoms with Crippen LogP contribution in [0.5, 0.6) is 0 Å². The first-order valence-corrected chi connectivity index (χ1v) is 13.7. The molecule has 234 valence electrons. The molecular weight excluding hydrogens is 580 g/mol. The van der Waals surface area contributed by atoms with Crippen molar-refractivity contribution < 1.29 is 46.2 Å². The number of amides is 2. The Morgan fingerprint density at radius 2 is 1.81 bits per heavy atom. The largest absolute Gasteiger partial charge is 0.471 e. The molecule has 2 aliphatic rings. The summed E-state index contributed by atoms with van der Waals surface area (Å²) in [4.78, 5) is 63.9. The van der Waals surface area contributed by atoms with Crippen molar-refractivity contribution in [3.8, 4) is 0 Å². The molecule has 2 fully saturated rings. The second kappa shape index (κ2) is 11.8. The Hall–Kier alpha value is -4.17. The first-order chi connectivity index (χ1) is 20.1. The maximum absolute atomic E-state index is 16.0. The van der Waals surface area contributed by atoms with E-state index >= 15 is 4.39 Å². The quantitative estimate of drug-likeness (QED) is 0.262. The molecular formula is C28H32F4N4O7. The molecule has 0 radical (unpaired) electrons. The highest BCUT2D eigenvalue weighted by atomic mass is 19.4. The van der Waals surface area contributed by atoms with E-state index in [-0.39, 0.29) is 59.9 Å². The monoisotopic (exact) mass is 612 g/mol. The lowest BCUT2D eigenvalue weighted by Gasteiger charge is -2.32. The van der Waals surface area contributed by atoms with Crippen molar-refractivity contribution in [3.05, 3.63) is 39.4 Å². The van der Waals surface area contributed by atoms with Crippen molar-refractivity contribution in [2.45, 2.75) is 76.9 Å². The molecule has 2 N–H and O–H groups in total. The summed E-state index contributed by atoms with van der Waals surface area (Å²) in [6.07, 6.45) is -3.27. The number of fused-ring (bicyclic) bond motifs is 1. The van der Waals surface area contributed by atoms with Gasteiger partial charge in [-0.2, -0.15) is 13.2 Å². The van der Waals surface area contributed by atoms with Crippen LogP contribution in [0.3, 0.4) is 0 Å². The van der Waals surface area contributed by atoms with Crippen LogP contribution in [-0.2, 0) is 14.3 Å². The number of ether oxygens (including phenoxy) is 2. The van der Waals surface area contributed by atoms with E-state index < -0.39 is 53.1 Å². The highest BCUT2D eigenvalue weighted by Gasteiger charge is 2.45. The predicted molar refractivity (Wildman–Crippen MR) is 146 cm³/mol. The van der Waals surface area contributed by atoms with Crippen LogP contribution in [-0.4, -0.2) is 72.4 Å². The fourth-order valence-electron chi connectivity index (χ4n) is 5.21. The fraction of sp³-hybridized carbons (Fsp3) is 0.536. The van der Waals surface area contributed by atoms with Crippen LogP contribution in [0.4, 0.5) is 28.0 Å². The smallest absolute Gasteiger partial charge is 0.462 e. The predicted octanol–water partition coefficient (Wildman–Crippen LogP) is 3.62. The molecule has 4 rings (SSSR count). The fourth-order valence-corrected chi connectivity index (χ4v) is 5.21. The number of carbonyl (C=O) groups excluding carboxylic acids is 4. The highest BCUT2D eigenvalue weighted by Crippen LogP contribution is 2.41. The van der Waals surface area contributed by atoms with Gasteiger partial charge in [-0.25, -0.2) is 14.0 Å². The normalized spacial score (nSPS) is 18.8. The lowest BCUT2D eigenvalue weighted by Crippen LogP contribution is -2.53. The molecule has 43 heavy (non-hydrogen) atoms. The third-order valence-corrected chi connectivity index (χ3v) is 7.09. The Labute approximate surface area is 243 Å². The van der Waals surface area contributed by atoms with Gasteiger partial charge in [-0.05, 0) is 53.0 Å². The lowest BCUT2D eigenvalue weighted by atomic mass is 10.0. The van der Waals surface area contributed by atoms with Crippen molar-refractivity contribution in [1.82, 2.24) is 15.2 Å². The third kappa shape index (κ3) is 6.75. The van der Waals surface area contributed by atoms with Crippen LogP contribution in [0.25, 0.3) is 10.9 Å². The number of anilines is 1. The molecule has 15 heteroatoms. The Kier molecular flexibility index (Phi) is 8.75. The van der Waals surface area contributed by atoms with Crippen LogP contribution >= 0.6 is 0 Å². The van der Waals surface area contributed by atoms with Gasteiger partial charge in [0.05, 0.1) is 40.8 Å². The molecule has 1 saturated carbocycles. The van der Waals surface area contributed by atoms with Gasteiger partial charge in [-0.15, -0.1) is 0 Å². The van der Waals surface area contributed by atoms with Crippen molar-refractivity contribution in [1.29, 1.82) is 0 Å². The molecule has 2 atom stereocenters. The number of alkyl halides is 3. The number of carbonyl (C=O) groups is 4. The average Bonchev–Trinajstić information content (AvgIpc) is 3.67. The first-order valence-electron chi connectivity index (χ1n) is 13.7. The molecule has 2 amide bonds.